The van der Waals surface area contributed by atoms with Gasteiger partial charge in [-0.2, -0.15) is 5.26 Å². The van der Waals surface area contributed by atoms with E-state index in [1.807, 2.05) is 19.9 Å². The molecule has 0 aliphatic carbocycles. The van der Waals surface area contributed by atoms with Gasteiger partial charge in [0.2, 0.25) is 5.91 Å². The Morgan fingerprint density at radius 1 is 1.41 bits per heavy atom. The Balaban J connectivity index is 1.69. The van der Waals surface area contributed by atoms with Crippen LogP contribution in [-0.2, 0) is 11.3 Å². The molecule has 2 aromatic heterocycles. The van der Waals surface area contributed by atoms with Crippen LogP contribution < -0.4 is 5.32 Å². The summed E-state index contributed by atoms with van der Waals surface area (Å²) in [4.78, 5) is 35.1. The first kappa shape index (κ1) is 19.0. The van der Waals surface area contributed by atoms with Gasteiger partial charge in [0.15, 0.2) is 0 Å². The van der Waals surface area contributed by atoms with Crippen molar-refractivity contribution in [2.24, 2.45) is 5.92 Å². The molecule has 1 aromatic carbocycles. The number of aromatic nitrogens is 2. The van der Waals surface area contributed by atoms with Crippen LogP contribution in [-0.4, -0.2) is 32.7 Å². The number of rotatable bonds is 4. The second kappa shape index (κ2) is 7.22. The van der Waals surface area contributed by atoms with Crippen molar-refractivity contribution in [3.05, 3.63) is 58.4 Å². The standard InChI is InChI=1S/C21H18ClN5O2/c1-11(2)18(20(28)26-13-5-3-4-12(6-13)7-23)27-10-15-16(22)9-25-19-17(15)14(8-24-19)21(27)29/h3-6,8-9,11,18H,10H2,1-2H3,(H,24,25)(H,26,28). The molecule has 0 saturated carbocycles. The van der Waals surface area contributed by atoms with Crippen molar-refractivity contribution in [3.8, 4) is 6.07 Å². The minimum absolute atomic E-state index is 0.144. The SMILES string of the molecule is CC(C)C(C(=O)Nc1cccc(C#N)c1)N1Cc2c(Cl)cnc3[nH]cc(c23)C1=O. The van der Waals surface area contributed by atoms with Crippen LogP contribution in [0.2, 0.25) is 5.02 Å². The fourth-order valence-corrected chi connectivity index (χ4v) is 3.97. The van der Waals surface area contributed by atoms with Gasteiger partial charge in [-0.3, -0.25) is 9.59 Å². The summed E-state index contributed by atoms with van der Waals surface area (Å²) in [7, 11) is 0. The lowest BCUT2D eigenvalue weighted by molar-refractivity contribution is -0.122. The normalized spacial score (nSPS) is 14.2. The number of H-pyrrole nitrogens is 1. The molecule has 7 nitrogen and oxygen atoms in total. The number of anilines is 1. The number of carbonyl (C=O) groups is 2. The maximum Gasteiger partial charge on any atom is 0.257 e. The van der Waals surface area contributed by atoms with E-state index >= 15 is 0 Å². The Morgan fingerprint density at radius 3 is 2.93 bits per heavy atom. The summed E-state index contributed by atoms with van der Waals surface area (Å²) in [5.41, 5.74) is 2.79. The fraction of sp³-hybridized carbons (Fsp3) is 0.238. The molecule has 1 aliphatic heterocycles. The Hall–Kier alpha value is -3.37. The van der Waals surface area contributed by atoms with Crippen LogP contribution >= 0.6 is 11.6 Å². The highest BCUT2D eigenvalue weighted by atomic mass is 35.5. The maximum atomic E-state index is 13.2. The quantitative estimate of drug-likeness (QED) is 0.688. The van der Waals surface area contributed by atoms with Crippen LogP contribution in [0.4, 0.5) is 5.69 Å². The van der Waals surface area contributed by atoms with Gasteiger partial charge < -0.3 is 15.2 Å². The Morgan fingerprint density at radius 2 is 2.21 bits per heavy atom. The zero-order chi connectivity index (χ0) is 20.7. The molecular weight excluding hydrogens is 390 g/mol. The zero-order valence-corrected chi connectivity index (χ0v) is 16.6. The first-order valence-corrected chi connectivity index (χ1v) is 9.55. The minimum Gasteiger partial charge on any atom is -0.345 e. The average Bonchev–Trinajstić information content (AvgIpc) is 3.13. The number of nitrogens with one attached hydrogen (secondary N) is 2. The molecule has 3 heterocycles. The molecule has 4 rings (SSSR count). The first-order chi connectivity index (χ1) is 13.9. The largest absolute Gasteiger partial charge is 0.345 e. The van der Waals surface area contributed by atoms with E-state index in [9.17, 15) is 9.59 Å². The highest BCUT2D eigenvalue weighted by Crippen LogP contribution is 2.35. The molecular formula is C21H18ClN5O2. The topological polar surface area (TPSA) is 102 Å². The Labute approximate surface area is 172 Å². The number of amides is 2. The van der Waals surface area contributed by atoms with Crippen molar-refractivity contribution >= 4 is 40.1 Å². The molecule has 0 saturated heterocycles. The minimum atomic E-state index is -0.712. The average molecular weight is 408 g/mol. The molecule has 146 valence electrons. The van der Waals surface area contributed by atoms with Crippen LogP contribution in [0.15, 0.2) is 36.7 Å². The summed E-state index contributed by atoms with van der Waals surface area (Å²) in [6, 6.07) is 8.00. The van der Waals surface area contributed by atoms with E-state index in [4.69, 9.17) is 16.9 Å². The van der Waals surface area contributed by atoms with Gasteiger partial charge in [-0.05, 0) is 24.1 Å². The number of carbonyl (C=O) groups excluding carboxylic acids is 2. The van der Waals surface area contributed by atoms with Gasteiger partial charge in [0, 0.05) is 35.6 Å². The van der Waals surface area contributed by atoms with Crippen molar-refractivity contribution in [2.45, 2.75) is 26.4 Å². The Kier molecular flexibility index (Phi) is 4.73. The Bertz CT molecular complexity index is 1180. The number of nitrogens with zero attached hydrogens (tertiary/aromatic N) is 3. The molecule has 3 aromatic rings. The molecule has 0 bridgehead atoms. The second-order valence-electron chi connectivity index (χ2n) is 7.31. The highest BCUT2D eigenvalue weighted by molar-refractivity contribution is 6.32. The number of halogens is 1. The van der Waals surface area contributed by atoms with E-state index in [1.165, 1.54) is 0 Å². The van der Waals surface area contributed by atoms with Crippen molar-refractivity contribution in [2.75, 3.05) is 5.32 Å². The number of aromatic amines is 1. The molecule has 2 amide bonds. The summed E-state index contributed by atoms with van der Waals surface area (Å²) >= 11 is 6.36. The van der Waals surface area contributed by atoms with Gasteiger partial charge in [0.25, 0.3) is 5.91 Å². The van der Waals surface area contributed by atoms with Crippen LogP contribution in [0.1, 0.15) is 35.3 Å². The van der Waals surface area contributed by atoms with E-state index in [2.05, 4.69) is 15.3 Å². The number of pyridine rings is 1. The molecule has 1 atom stereocenters. The van der Waals surface area contributed by atoms with Crippen LogP contribution in [0.3, 0.4) is 0 Å². The van der Waals surface area contributed by atoms with Gasteiger partial charge in [-0.15, -0.1) is 0 Å². The summed E-state index contributed by atoms with van der Waals surface area (Å²) in [5.74, 6) is -0.703. The van der Waals surface area contributed by atoms with E-state index < -0.39 is 6.04 Å². The van der Waals surface area contributed by atoms with Crippen LogP contribution in [0.5, 0.6) is 0 Å². The molecule has 1 unspecified atom stereocenters. The molecule has 0 radical (unpaired) electrons. The van der Waals surface area contributed by atoms with Gasteiger partial charge in [0.05, 0.1) is 22.2 Å². The zero-order valence-electron chi connectivity index (χ0n) is 15.9. The second-order valence-corrected chi connectivity index (χ2v) is 7.72. The highest BCUT2D eigenvalue weighted by Gasteiger charge is 2.38. The number of hydrogen-bond acceptors (Lipinski definition) is 4. The summed E-state index contributed by atoms with van der Waals surface area (Å²) in [6.45, 7) is 4.00. The van der Waals surface area contributed by atoms with Gasteiger partial charge in [-0.25, -0.2) is 4.98 Å². The summed E-state index contributed by atoms with van der Waals surface area (Å²) in [5, 5.41) is 13.1. The molecule has 29 heavy (non-hydrogen) atoms. The lowest BCUT2D eigenvalue weighted by Crippen LogP contribution is -2.51. The smallest absolute Gasteiger partial charge is 0.257 e. The third-order valence-electron chi connectivity index (χ3n) is 5.07. The van der Waals surface area contributed by atoms with E-state index in [0.29, 0.717) is 32.9 Å². The predicted octanol–water partition coefficient (Wildman–Crippen LogP) is 3.71. The summed E-state index contributed by atoms with van der Waals surface area (Å²) in [6.07, 6.45) is 3.16. The monoisotopic (exact) mass is 407 g/mol. The lowest BCUT2D eigenvalue weighted by Gasteiger charge is -2.36. The summed E-state index contributed by atoms with van der Waals surface area (Å²) < 4.78 is 0. The van der Waals surface area contributed by atoms with Crippen LogP contribution in [0.25, 0.3) is 11.0 Å². The van der Waals surface area contributed by atoms with Gasteiger partial charge in [-0.1, -0.05) is 31.5 Å². The molecule has 8 heteroatoms. The van der Waals surface area contributed by atoms with Crippen molar-refractivity contribution in [1.82, 2.24) is 14.9 Å². The molecule has 0 fully saturated rings. The predicted molar refractivity (Wildman–Crippen MR) is 109 cm³/mol. The third-order valence-corrected chi connectivity index (χ3v) is 5.40. The van der Waals surface area contributed by atoms with Crippen molar-refractivity contribution < 1.29 is 9.59 Å². The van der Waals surface area contributed by atoms with E-state index in [-0.39, 0.29) is 24.3 Å². The molecule has 1 aliphatic rings. The molecule has 2 N–H and O–H groups in total. The third kappa shape index (κ3) is 3.22. The van der Waals surface area contributed by atoms with E-state index in [0.717, 1.165) is 5.56 Å². The lowest BCUT2D eigenvalue weighted by atomic mass is 9.95. The van der Waals surface area contributed by atoms with E-state index in [1.54, 1.807) is 41.6 Å². The van der Waals surface area contributed by atoms with Crippen molar-refractivity contribution in [3.63, 3.8) is 0 Å². The van der Waals surface area contributed by atoms with Crippen LogP contribution in [0, 0.1) is 17.2 Å². The fourth-order valence-electron chi connectivity index (χ4n) is 3.77. The molecule has 0 spiro atoms. The number of benzene rings is 1. The van der Waals surface area contributed by atoms with Gasteiger partial charge in [0.1, 0.15) is 11.7 Å². The maximum absolute atomic E-state index is 13.2. The first-order valence-electron chi connectivity index (χ1n) is 9.17. The van der Waals surface area contributed by atoms with Crippen molar-refractivity contribution in [1.29, 1.82) is 5.26 Å². The van der Waals surface area contributed by atoms with Gasteiger partial charge >= 0.3 is 0 Å². The number of hydrogen-bond donors (Lipinski definition) is 2. The number of nitriles is 1.